The Kier molecular flexibility index (Phi) is 4.65. The van der Waals surface area contributed by atoms with E-state index in [-0.39, 0.29) is 18.9 Å². The molecule has 7 heteroatoms. The Morgan fingerprint density at radius 3 is 2.90 bits per heavy atom. The van der Waals surface area contributed by atoms with Crippen molar-refractivity contribution in [3.05, 3.63) is 35.2 Å². The molecule has 106 valence electrons. The molecule has 0 fully saturated rings. The normalized spacial score (nSPS) is 10.3. The first-order valence-electron chi connectivity index (χ1n) is 6.34. The van der Waals surface area contributed by atoms with Crippen molar-refractivity contribution < 1.29 is 9.53 Å². The summed E-state index contributed by atoms with van der Waals surface area (Å²) in [6.07, 6.45) is 0.283. The second-order valence-electron chi connectivity index (χ2n) is 4.45. The smallest absolute Gasteiger partial charge is 0.223 e. The van der Waals surface area contributed by atoms with Crippen LogP contribution in [0.15, 0.2) is 18.2 Å². The zero-order chi connectivity index (χ0) is 14.4. The van der Waals surface area contributed by atoms with E-state index in [1.54, 1.807) is 0 Å². The number of carbonyl (C=O) groups excluding carboxylic acids is 1. The van der Waals surface area contributed by atoms with Crippen LogP contribution in [0.4, 0.5) is 0 Å². The van der Waals surface area contributed by atoms with Crippen LogP contribution in [0.5, 0.6) is 5.75 Å². The fourth-order valence-electron chi connectivity index (χ4n) is 1.59. The number of ether oxygens (including phenoxy) is 1. The minimum absolute atomic E-state index is 0.112. The molecule has 0 aliphatic heterocycles. The van der Waals surface area contributed by atoms with Crippen LogP contribution in [0.3, 0.4) is 0 Å². The van der Waals surface area contributed by atoms with Crippen molar-refractivity contribution in [2.45, 2.75) is 26.8 Å². The predicted octanol–water partition coefficient (Wildman–Crippen LogP) is 0.902. The molecule has 0 saturated carbocycles. The van der Waals surface area contributed by atoms with Crippen LogP contribution in [0.2, 0.25) is 0 Å². The number of rotatable bonds is 6. The van der Waals surface area contributed by atoms with Crippen molar-refractivity contribution in [1.82, 2.24) is 25.9 Å². The van der Waals surface area contributed by atoms with Gasteiger partial charge in [0, 0.05) is 0 Å². The SMILES string of the molecule is Cc1ccc(OCCC(=O)NCc2nn[nH]n2)cc1C. The van der Waals surface area contributed by atoms with E-state index in [1.807, 2.05) is 32.0 Å². The summed E-state index contributed by atoms with van der Waals surface area (Å²) in [7, 11) is 0. The molecule has 0 spiro atoms. The van der Waals surface area contributed by atoms with Gasteiger partial charge in [-0.1, -0.05) is 11.3 Å². The monoisotopic (exact) mass is 275 g/mol. The number of H-pyrrole nitrogens is 1. The lowest BCUT2D eigenvalue weighted by Crippen LogP contribution is -2.25. The van der Waals surface area contributed by atoms with Gasteiger partial charge in [-0.25, -0.2) is 0 Å². The minimum Gasteiger partial charge on any atom is -0.493 e. The van der Waals surface area contributed by atoms with Gasteiger partial charge >= 0.3 is 0 Å². The highest BCUT2D eigenvalue weighted by atomic mass is 16.5. The average molecular weight is 275 g/mol. The predicted molar refractivity (Wildman–Crippen MR) is 72.1 cm³/mol. The molecule has 0 saturated heterocycles. The first-order valence-corrected chi connectivity index (χ1v) is 6.34. The van der Waals surface area contributed by atoms with Crippen LogP contribution in [0.25, 0.3) is 0 Å². The molecule has 1 heterocycles. The van der Waals surface area contributed by atoms with E-state index in [2.05, 4.69) is 25.9 Å². The Hall–Kier alpha value is -2.44. The molecule has 0 aliphatic carbocycles. The number of aromatic amines is 1. The number of hydrogen-bond donors (Lipinski definition) is 2. The van der Waals surface area contributed by atoms with Crippen molar-refractivity contribution in [2.24, 2.45) is 0 Å². The zero-order valence-electron chi connectivity index (χ0n) is 11.5. The van der Waals surface area contributed by atoms with Crippen LogP contribution >= 0.6 is 0 Å². The summed E-state index contributed by atoms with van der Waals surface area (Å²) in [4.78, 5) is 11.6. The minimum atomic E-state index is -0.112. The Morgan fingerprint density at radius 1 is 1.35 bits per heavy atom. The van der Waals surface area contributed by atoms with E-state index in [1.165, 1.54) is 11.1 Å². The highest BCUT2D eigenvalue weighted by Gasteiger charge is 2.04. The van der Waals surface area contributed by atoms with Gasteiger partial charge < -0.3 is 10.1 Å². The number of aryl methyl sites for hydroxylation is 2. The summed E-state index contributed by atoms with van der Waals surface area (Å²) in [6.45, 7) is 4.67. The number of nitrogens with one attached hydrogen (secondary N) is 2. The number of amides is 1. The third-order valence-corrected chi connectivity index (χ3v) is 2.91. The molecule has 2 rings (SSSR count). The maximum Gasteiger partial charge on any atom is 0.223 e. The lowest BCUT2D eigenvalue weighted by Gasteiger charge is -2.08. The van der Waals surface area contributed by atoms with Crippen LogP contribution in [-0.4, -0.2) is 33.1 Å². The van der Waals surface area contributed by atoms with Gasteiger partial charge in [0.15, 0.2) is 5.82 Å². The summed E-state index contributed by atoms with van der Waals surface area (Å²) < 4.78 is 5.54. The molecule has 2 aromatic rings. The number of aromatic nitrogens is 4. The van der Waals surface area contributed by atoms with Gasteiger partial charge in [0.25, 0.3) is 0 Å². The van der Waals surface area contributed by atoms with Gasteiger partial charge in [0.2, 0.25) is 5.91 Å². The Balaban J connectivity index is 1.69. The van der Waals surface area contributed by atoms with E-state index in [9.17, 15) is 4.79 Å². The van der Waals surface area contributed by atoms with Gasteiger partial charge in [0.05, 0.1) is 19.6 Å². The van der Waals surface area contributed by atoms with E-state index < -0.39 is 0 Å². The van der Waals surface area contributed by atoms with E-state index in [0.717, 1.165) is 5.75 Å². The van der Waals surface area contributed by atoms with Gasteiger partial charge in [-0.2, -0.15) is 5.21 Å². The molecular weight excluding hydrogens is 258 g/mol. The Bertz CT molecular complexity index is 568. The largest absolute Gasteiger partial charge is 0.493 e. The third-order valence-electron chi connectivity index (χ3n) is 2.91. The molecule has 2 N–H and O–H groups in total. The van der Waals surface area contributed by atoms with Crippen LogP contribution in [-0.2, 0) is 11.3 Å². The van der Waals surface area contributed by atoms with Crippen molar-refractivity contribution in [3.63, 3.8) is 0 Å². The molecule has 1 amide bonds. The standard InChI is InChI=1S/C13H17N5O2/c1-9-3-4-11(7-10(9)2)20-6-5-13(19)14-8-12-15-17-18-16-12/h3-4,7H,5-6,8H2,1-2H3,(H,14,19)(H,15,16,17,18). The molecule has 1 aromatic heterocycles. The fraction of sp³-hybridized carbons (Fsp3) is 0.385. The van der Waals surface area contributed by atoms with Crippen LogP contribution in [0, 0.1) is 13.8 Å². The highest BCUT2D eigenvalue weighted by Crippen LogP contribution is 2.16. The van der Waals surface area contributed by atoms with Crippen LogP contribution < -0.4 is 10.1 Å². The molecule has 0 aliphatic rings. The fourth-order valence-corrected chi connectivity index (χ4v) is 1.59. The first-order chi connectivity index (χ1) is 9.65. The van der Waals surface area contributed by atoms with E-state index in [0.29, 0.717) is 12.4 Å². The molecule has 7 nitrogen and oxygen atoms in total. The Morgan fingerprint density at radius 2 is 2.20 bits per heavy atom. The zero-order valence-corrected chi connectivity index (χ0v) is 11.5. The average Bonchev–Trinajstić information content (AvgIpc) is 2.94. The molecule has 0 radical (unpaired) electrons. The second kappa shape index (κ2) is 6.65. The van der Waals surface area contributed by atoms with Gasteiger partial charge in [-0.05, 0) is 37.1 Å². The van der Waals surface area contributed by atoms with Crippen molar-refractivity contribution in [1.29, 1.82) is 0 Å². The topological polar surface area (TPSA) is 92.8 Å². The van der Waals surface area contributed by atoms with Gasteiger partial charge in [0.1, 0.15) is 5.75 Å². The van der Waals surface area contributed by atoms with Crippen molar-refractivity contribution in [3.8, 4) is 5.75 Å². The van der Waals surface area contributed by atoms with E-state index in [4.69, 9.17) is 4.74 Å². The molecule has 20 heavy (non-hydrogen) atoms. The first kappa shape index (κ1) is 14.0. The Labute approximate surface area is 116 Å². The molecule has 0 atom stereocenters. The number of tetrazole rings is 1. The lowest BCUT2D eigenvalue weighted by atomic mass is 10.1. The molecule has 1 aromatic carbocycles. The van der Waals surface area contributed by atoms with Crippen LogP contribution in [0.1, 0.15) is 23.4 Å². The third kappa shape index (κ3) is 4.04. The summed E-state index contributed by atoms with van der Waals surface area (Å²) in [5.41, 5.74) is 2.39. The van der Waals surface area contributed by atoms with E-state index >= 15 is 0 Å². The molecule has 0 unspecified atom stereocenters. The maximum absolute atomic E-state index is 11.6. The number of benzene rings is 1. The second-order valence-corrected chi connectivity index (χ2v) is 4.45. The lowest BCUT2D eigenvalue weighted by molar-refractivity contribution is -0.121. The molecular formula is C13H17N5O2. The summed E-state index contributed by atoms with van der Waals surface area (Å²) in [5.74, 6) is 1.12. The molecule has 0 bridgehead atoms. The summed E-state index contributed by atoms with van der Waals surface area (Å²) in [5, 5.41) is 15.9. The highest BCUT2D eigenvalue weighted by molar-refractivity contribution is 5.75. The maximum atomic E-state index is 11.6. The summed E-state index contributed by atoms with van der Waals surface area (Å²) >= 11 is 0. The number of carbonyl (C=O) groups is 1. The summed E-state index contributed by atoms with van der Waals surface area (Å²) in [6, 6.07) is 5.87. The van der Waals surface area contributed by atoms with Gasteiger partial charge in [-0.15, -0.1) is 10.2 Å². The van der Waals surface area contributed by atoms with Gasteiger partial charge in [-0.3, -0.25) is 4.79 Å². The van der Waals surface area contributed by atoms with Crippen molar-refractivity contribution in [2.75, 3.05) is 6.61 Å². The quantitative estimate of drug-likeness (QED) is 0.817. The van der Waals surface area contributed by atoms with Crippen molar-refractivity contribution >= 4 is 5.91 Å². The number of nitrogens with zero attached hydrogens (tertiary/aromatic N) is 3. The number of hydrogen-bond acceptors (Lipinski definition) is 5.